The van der Waals surface area contributed by atoms with Gasteiger partial charge in [-0.3, -0.25) is 13.8 Å². The Bertz CT molecular complexity index is 1270. The van der Waals surface area contributed by atoms with Gasteiger partial charge in [-0.25, -0.2) is 4.57 Å². The Labute approximate surface area is 203 Å². The summed E-state index contributed by atoms with van der Waals surface area (Å²) in [6.45, 7) is 4.65. The first-order valence-electron chi connectivity index (χ1n) is 11.7. The second-order valence-corrected chi connectivity index (χ2v) is 9.70. The first-order valence-corrected chi connectivity index (χ1v) is 13.2. The minimum absolute atomic E-state index is 0.115. The first-order chi connectivity index (χ1) is 16.9. The lowest BCUT2D eigenvalue weighted by molar-refractivity contribution is 0.152. The van der Waals surface area contributed by atoms with Gasteiger partial charge < -0.3 is 23.7 Å². The number of H-pyrrole nitrogens is 1. The third kappa shape index (κ3) is 5.99. The van der Waals surface area contributed by atoms with Gasteiger partial charge >= 0.3 is 7.82 Å². The largest absolute Gasteiger partial charge is 0.530 e. The molecule has 0 saturated carbocycles. The highest BCUT2D eigenvalue weighted by atomic mass is 31.2. The van der Waals surface area contributed by atoms with E-state index in [0.29, 0.717) is 39.4 Å². The maximum absolute atomic E-state index is 13.3. The number of benzene rings is 2. The molecule has 0 amide bonds. The highest BCUT2D eigenvalue weighted by Gasteiger charge is 2.29. The number of unbranched alkanes of at least 4 members (excludes halogenated alkanes) is 2. The molecule has 1 aliphatic heterocycles. The Morgan fingerprint density at radius 2 is 1.57 bits per heavy atom. The summed E-state index contributed by atoms with van der Waals surface area (Å²) in [5.41, 5.74) is 1.54. The van der Waals surface area contributed by atoms with Gasteiger partial charge in [0.2, 0.25) is 6.79 Å². The smallest absolute Gasteiger partial charge is 0.497 e. The fourth-order valence-corrected chi connectivity index (χ4v) is 4.80. The Morgan fingerprint density at radius 1 is 0.914 bits per heavy atom. The topological polar surface area (TPSA) is 105 Å². The third-order valence-electron chi connectivity index (χ3n) is 5.46. The molecule has 0 atom stereocenters. The van der Waals surface area contributed by atoms with E-state index in [1.807, 2.05) is 13.8 Å². The summed E-state index contributed by atoms with van der Waals surface area (Å²) in [4.78, 5) is 16.1. The minimum Gasteiger partial charge on any atom is -0.497 e. The molecule has 1 N–H and O–H groups in total. The summed E-state index contributed by atoms with van der Waals surface area (Å²) < 4.78 is 46.4. The number of nitrogens with one attached hydrogen (secondary N) is 1. The molecule has 188 valence electrons. The van der Waals surface area contributed by atoms with Gasteiger partial charge in [0.25, 0.3) is 0 Å². The number of aromatic amines is 1. The third-order valence-corrected chi connectivity index (χ3v) is 6.89. The molecular weight excluding hydrogens is 473 g/mol. The maximum atomic E-state index is 13.3. The first kappa shape index (κ1) is 25.1. The van der Waals surface area contributed by atoms with E-state index in [1.54, 1.807) is 30.3 Å². The fraction of sp³-hybridized carbons (Fsp3) is 0.400. The second-order valence-electron chi connectivity index (χ2n) is 8.11. The number of hydrogen-bond acceptors (Lipinski definition) is 8. The van der Waals surface area contributed by atoms with Crippen LogP contribution in [0.4, 0.5) is 0 Å². The van der Waals surface area contributed by atoms with E-state index in [4.69, 9.17) is 27.8 Å². The summed E-state index contributed by atoms with van der Waals surface area (Å²) >= 11 is 0. The van der Waals surface area contributed by atoms with E-state index in [1.165, 1.54) is 13.2 Å². The molecule has 0 aliphatic carbocycles. The molecule has 0 radical (unpaired) electrons. The molecule has 2 aromatic carbocycles. The quantitative estimate of drug-likeness (QED) is 0.235. The standard InChI is InChI=1S/C25H30NO8P/c1-4-6-8-32-35(28,33-9-7-5-2)34-19-11-17(10-18(12-19)29-3)21-14-23(27)20-13-24-25(31-16-30-24)15-22(20)26-21/h10-15H,4-9,16H2,1-3H3,(H,26,27). The normalized spacial score (nSPS) is 12.8. The molecule has 1 aromatic heterocycles. The molecule has 3 aromatic rings. The highest BCUT2D eigenvalue weighted by molar-refractivity contribution is 7.48. The lowest BCUT2D eigenvalue weighted by atomic mass is 10.1. The van der Waals surface area contributed by atoms with Gasteiger partial charge in [-0.2, -0.15) is 0 Å². The van der Waals surface area contributed by atoms with Crippen LogP contribution in [0.5, 0.6) is 23.0 Å². The van der Waals surface area contributed by atoms with Gasteiger partial charge in [0.1, 0.15) is 11.5 Å². The number of aromatic nitrogens is 1. The van der Waals surface area contributed by atoms with Crippen LogP contribution in [-0.4, -0.2) is 32.1 Å². The number of phosphoric ester groups is 1. The molecule has 9 nitrogen and oxygen atoms in total. The summed E-state index contributed by atoms with van der Waals surface area (Å²) in [5, 5.41) is 0.482. The van der Waals surface area contributed by atoms with Crippen molar-refractivity contribution in [3.05, 3.63) is 46.6 Å². The molecule has 2 heterocycles. The van der Waals surface area contributed by atoms with Gasteiger partial charge in [0.05, 0.1) is 25.8 Å². The van der Waals surface area contributed by atoms with Crippen LogP contribution in [0.1, 0.15) is 39.5 Å². The Morgan fingerprint density at radius 3 is 2.23 bits per heavy atom. The molecule has 10 heteroatoms. The number of methoxy groups -OCH3 is 1. The number of fused-ring (bicyclic) bond motifs is 2. The van der Waals surface area contributed by atoms with Crippen molar-refractivity contribution in [1.82, 2.24) is 4.98 Å². The van der Waals surface area contributed by atoms with E-state index in [-0.39, 0.29) is 31.2 Å². The van der Waals surface area contributed by atoms with Crippen LogP contribution in [0, 0.1) is 0 Å². The summed E-state index contributed by atoms with van der Waals surface area (Å²) in [6, 6.07) is 9.89. The average molecular weight is 503 g/mol. The number of ether oxygens (including phenoxy) is 3. The predicted octanol–water partition coefficient (Wildman–Crippen LogP) is 6.05. The summed E-state index contributed by atoms with van der Waals surface area (Å²) in [5.74, 6) is 1.80. The molecule has 0 spiro atoms. The number of hydrogen-bond donors (Lipinski definition) is 1. The van der Waals surface area contributed by atoms with E-state index >= 15 is 0 Å². The summed E-state index contributed by atoms with van der Waals surface area (Å²) in [6.07, 6.45) is 3.22. The number of pyridine rings is 1. The van der Waals surface area contributed by atoms with Gasteiger partial charge in [-0.15, -0.1) is 0 Å². The molecule has 0 saturated heterocycles. The minimum atomic E-state index is -3.86. The molecule has 1 aliphatic rings. The van der Waals surface area contributed by atoms with E-state index in [2.05, 4.69) is 4.98 Å². The van der Waals surface area contributed by atoms with Crippen molar-refractivity contribution < 1.29 is 32.3 Å². The lowest BCUT2D eigenvalue weighted by Crippen LogP contribution is -2.06. The van der Waals surface area contributed by atoms with Crippen molar-refractivity contribution in [2.45, 2.75) is 39.5 Å². The molecule has 0 unspecified atom stereocenters. The number of rotatable bonds is 12. The predicted molar refractivity (Wildman–Crippen MR) is 133 cm³/mol. The van der Waals surface area contributed by atoms with Crippen LogP contribution in [-0.2, 0) is 13.6 Å². The zero-order valence-electron chi connectivity index (χ0n) is 20.1. The molecule has 35 heavy (non-hydrogen) atoms. The van der Waals surface area contributed by atoms with Crippen molar-refractivity contribution in [3.8, 4) is 34.3 Å². The zero-order valence-corrected chi connectivity index (χ0v) is 21.0. The van der Waals surface area contributed by atoms with Gasteiger partial charge in [0, 0.05) is 34.8 Å². The van der Waals surface area contributed by atoms with Crippen LogP contribution in [0.25, 0.3) is 22.2 Å². The van der Waals surface area contributed by atoms with Crippen LogP contribution in [0.3, 0.4) is 0 Å². The Hall–Kier alpha value is -3.00. The van der Waals surface area contributed by atoms with Gasteiger partial charge in [-0.1, -0.05) is 26.7 Å². The lowest BCUT2D eigenvalue weighted by Gasteiger charge is -2.19. The maximum Gasteiger partial charge on any atom is 0.530 e. The zero-order chi connectivity index (χ0) is 24.8. The molecule has 0 bridgehead atoms. The Balaban J connectivity index is 1.69. The fourth-order valence-electron chi connectivity index (χ4n) is 3.55. The highest BCUT2D eigenvalue weighted by Crippen LogP contribution is 2.50. The molecule has 4 rings (SSSR count). The number of phosphoric acid groups is 1. The van der Waals surface area contributed by atoms with Gasteiger partial charge in [-0.05, 0) is 31.0 Å². The molecule has 0 fully saturated rings. The van der Waals surface area contributed by atoms with E-state index in [9.17, 15) is 9.36 Å². The second kappa shape index (κ2) is 11.2. The SMILES string of the molecule is CCCCOP(=O)(OCCCC)Oc1cc(OC)cc(-c2cc(=O)c3cc4c(cc3[nH]2)OCO4)c1. The van der Waals surface area contributed by atoms with Crippen LogP contribution >= 0.6 is 7.82 Å². The van der Waals surface area contributed by atoms with Crippen LogP contribution in [0.2, 0.25) is 0 Å². The van der Waals surface area contributed by atoms with E-state index in [0.717, 1.165) is 25.7 Å². The Kier molecular flexibility index (Phi) is 8.00. The van der Waals surface area contributed by atoms with Crippen LogP contribution < -0.4 is 24.2 Å². The van der Waals surface area contributed by atoms with Gasteiger partial charge in [0.15, 0.2) is 16.9 Å². The van der Waals surface area contributed by atoms with Crippen molar-refractivity contribution in [2.75, 3.05) is 27.1 Å². The van der Waals surface area contributed by atoms with Crippen LogP contribution in [0.15, 0.2) is 41.2 Å². The molecular formula is C25H30NO8P. The van der Waals surface area contributed by atoms with Crippen molar-refractivity contribution in [1.29, 1.82) is 0 Å². The van der Waals surface area contributed by atoms with Crippen molar-refractivity contribution in [3.63, 3.8) is 0 Å². The monoisotopic (exact) mass is 503 g/mol. The van der Waals surface area contributed by atoms with Crippen molar-refractivity contribution in [2.24, 2.45) is 0 Å². The average Bonchev–Trinajstić information content (AvgIpc) is 3.30. The van der Waals surface area contributed by atoms with E-state index < -0.39 is 7.82 Å². The summed E-state index contributed by atoms with van der Waals surface area (Å²) in [7, 11) is -2.34. The van der Waals surface area contributed by atoms with Crippen molar-refractivity contribution >= 4 is 18.7 Å².